The van der Waals surface area contributed by atoms with Crippen molar-refractivity contribution in [1.82, 2.24) is 10.3 Å². The highest BCUT2D eigenvalue weighted by atomic mass is 16.7. The number of carbonyl (C=O) groups is 3. The summed E-state index contributed by atoms with van der Waals surface area (Å²) in [6.07, 6.45) is 2.25. The van der Waals surface area contributed by atoms with Crippen LogP contribution < -0.4 is 5.32 Å². The number of ketones is 1. The summed E-state index contributed by atoms with van der Waals surface area (Å²) in [6, 6.07) is 8.34. The summed E-state index contributed by atoms with van der Waals surface area (Å²) in [5.41, 5.74) is -0.250. The minimum absolute atomic E-state index is 0.138. The Morgan fingerprint density at radius 2 is 2.03 bits per heavy atom. The minimum atomic E-state index is -1.38. The maximum absolute atomic E-state index is 13.2. The quantitative estimate of drug-likeness (QED) is 0.647. The summed E-state index contributed by atoms with van der Waals surface area (Å²) in [5.74, 6) is -2.70. The molecular formula is C22H23N3O5. The second kappa shape index (κ2) is 8.44. The van der Waals surface area contributed by atoms with Crippen LogP contribution in [0.4, 0.5) is 0 Å². The molecule has 2 heterocycles. The van der Waals surface area contributed by atoms with Gasteiger partial charge in [-0.2, -0.15) is 0 Å². The van der Waals surface area contributed by atoms with Crippen molar-refractivity contribution in [2.75, 3.05) is 0 Å². The van der Waals surface area contributed by atoms with Crippen LogP contribution in [-0.4, -0.2) is 45.1 Å². The molecule has 0 unspecified atom stereocenters. The molecular weight excluding hydrogens is 386 g/mol. The molecule has 1 aromatic heterocycles. The number of pyridine rings is 1. The summed E-state index contributed by atoms with van der Waals surface area (Å²) in [6.45, 7) is 6.97. The first-order valence-corrected chi connectivity index (χ1v) is 9.56. The number of carboxylic acid groups (broad SMARTS) is 1. The lowest BCUT2D eigenvalue weighted by Gasteiger charge is -2.30. The Hall–Kier alpha value is -3.55. The molecule has 0 bridgehead atoms. The Morgan fingerprint density at radius 3 is 2.70 bits per heavy atom. The van der Waals surface area contributed by atoms with Gasteiger partial charge in [0.2, 0.25) is 5.60 Å². The summed E-state index contributed by atoms with van der Waals surface area (Å²) < 4.78 is 0. The number of carbonyl (C=O) groups excluding carboxylic acids is 2. The van der Waals surface area contributed by atoms with Gasteiger partial charge >= 0.3 is 5.97 Å². The number of nitrogens with one attached hydrogen (secondary N) is 1. The summed E-state index contributed by atoms with van der Waals surface area (Å²) in [7, 11) is 0. The third-order valence-electron chi connectivity index (χ3n) is 5.24. The molecule has 1 amide bonds. The van der Waals surface area contributed by atoms with Gasteiger partial charge in [-0.15, -0.1) is 0 Å². The number of carboxylic acids is 1. The second-order valence-electron chi connectivity index (χ2n) is 7.46. The van der Waals surface area contributed by atoms with E-state index in [4.69, 9.17) is 9.94 Å². The number of hydrogen-bond acceptors (Lipinski definition) is 6. The standard InChI is InChI=1S/C22H23N3O5/c1-4-18(26)16(11-19(27)28)24-21(29)22(13(2)3)12-17(25-30-22)20-15-8-6-5-7-14(15)9-10-23-20/h4-10,13,16H,1,11-12H2,2-3H3,(H,24,29)(H,27,28)/t16-,22+/m0/s1. The van der Waals surface area contributed by atoms with Crippen molar-refractivity contribution in [1.29, 1.82) is 0 Å². The fraction of sp³-hybridized carbons (Fsp3) is 0.318. The van der Waals surface area contributed by atoms with Gasteiger partial charge in [-0.05, 0) is 17.5 Å². The zero-order chi connectivity index (χ0) is 21.9. The predicted octanol–water partition coefficient (Wildman–Crippen LogP) is 2.47. The van der Waals surface area contributed by atoms with Gasteiger partial charge in [-0.1, -0.05) is 49.8 Å². The van der Waals surface area contributed by atoms with Crippen molar-refractivity contribution in [3.8, 4) is 0 Å². The Morgan fingerprint density at radius 1 is 1.30 bits per heavy atom. The average Bonchev–Trinajstić information content (AvgIpc) is 3.18. The molecule has 8 heteroatoms. The van der Waals surface area contributed by atoms with E-state index in [1.165, 1.54) is 0 Å². The molecule has 2 aromatic rings. The van der Waals surface area contributed by atoms with E-state index < -0.39 is 35.7 Å². The Kier molecular flexibility index (Phi) is 5.96. The normalized spacial score (nSPS) is 19.1. The van der Waals surface area contributed by atoms with Gasteiger partial charge < -0.3 is 15.3 Å². The van der Waals surface area contributed by atoms with E-state index in [1.807, 2.05) is 30.3 Å². The lowest BCUT2D eigenvalue weighted by Crippen LogP contribution is -2.55. The van der Waals surface area contributed by atoms with E-state index in [2.05, 4.69) is 22.0 Å². The molecule has 0 saturated carbocycles. The van der Waals surface area contributed by atoms with Crippen LogP contribution >= 0.6 is 0 Å². The van der Waals surface area contributed by atoms with E-state index in [0.29, 0.717) is 11.4 Å². The second-order valence-corrected chi connectivity index (χ2v) is 7.46. The van der Waals surface area contributed by atoms with Gasteiger partial charge in [0, 0.05) is 23.9 Å². The van der Waals surface area contributed by atoms with Crippen LogP contribution in [0, 0.1) is 5.92 Å². The number of benzene rings is 1. The maximum atomic E-state index is 13.2. The molecule has 0 fully saturated rings. The molecule has 156 valence electrons. The average molecular weight is 409 g/mol. The highest BCUT2D eigenvalue weighted by Gasteiger charge is 2.50. The van der Waals surface area contributed by atoms with Crippen molar-refractivity contribution in [3.05, 3.63) is 54.9 Å². The van der Waals surface area contributed by atoms with E-state index >= 15 is 0 Å². The number of fused-ring (bicyclic) bond motifs is 1. The van der Waals surface area contributed by atoms with Gasteiger partial charge in [0.1, 0.15) is 11.8 Å². The molecule has 30 heavy (non-hydrogen) atoms. The van der Waals surface area contributed by atoms with Crippen LogP contribution in [0.3, 0.4) is 0 Å². The predicted molar refractivity (Wildman–Crippen MR) is 111 cm³/mol. The van der Waals surface area contributed by atoms with E-state index in [1.54, 1.807) is 20.0 Å². The van der Waals surface area contributed by atoms with Crippen LogP contribution in [0.2, 0.25) is 0 Å². The van der Waals surface area contributed by atoms with Crippen LogP contribution in [0.15, 0.2) is 54.3 Å². The van der Waals surface area contributed by atoms with Crippen molar-refractivity contribution >= 4 is 34.1 Å². The molecule has 1 aromatic carbocycles. The van der Waals surface area contributed by atoms with Gasteiger partial charge in [-0.25, -0.2) is 0 Å². The summed E-state index contributed by atoms with van der Waals surface area (Å²) >= 11 is 0. The van der Waals surface area contributed by atoms with Gasteiger partial charge in [0.25, 0.3) is 5.91 Å². The number of aromatic nitrogens is 1. The SMILES string of the molecule is C=CC(=O)[C@H](CC(=O)O)NC(=O)[C@]1(C(C)C)CC(c2nccc3ccccc23)=NO1. The van der Waals surface area contributed by atoms with Crippen molar-refractivity contribution in [2.24, 2.45) is 11.1 Å². The number of nitrogens with zero attached hydrogens (tertiary/aromatic N) is 2. The third-order valence-corrected chi connectivity index (χ3v) is 5.24. The molecule has 0 radical (unpaired) electrons. The molecule has 0 aliphatic carbocycles. The Balaban J connectivity index is 1.89. The molecule has 2 N–H and O–H groups in total. The number of oxime groups is 1. The molecule has 1 aliphatic heterocycles. The van der Waals surface area contributed by atoms with Gasteiger partial charge in [-0.3, -0.25) is 19.4 Å². The zero-order valence-electron chi connectivity index (χ0n) is 16.8. The summed E-state index contributed by atoms with van der Waals surface area (Å²) in [4.78, 5) is 46.4. The molecule has 0 spiro atoms. The van der Waals surface area contributed by atoms with Crippen molar-refractivity contribution in [3.63, 3.8) is 0 Å². The number of aliphatic carboxylic acids is 1. The zero-order valence-corrected chi connectivity index (χ0v) is 16.8. The molecule has 3 rings (SSSR count). The third kappa shape index (κ3) is 3.94. The van der Waals surface area contributed by atoms with Crippen molar-refractivity contribution in [2.45, 2.75) is 38.3 Å². The molecule has 1 aliphatic rings. The first-order chi connectivity index (χ1) is 14.3. The molecule has 0 saturated heterocycles. The van der Waals surface area contributed by atoms with Gasteiger partial charge in [0.15, 0.2) is 5.78 Å². The van der Waals surface area contributed by atoms with Crippen LogP contribution in [0.1, 0.15) is 32.4 Å². The van der Waals surface area contributed by atoms with Crippen LogP contribution in [-0.2, 0) is 19.2 Å². The smallest absolute Gasteiger partial charge is 0.305 e. The fourth-order valence-electron chi connectivity index (χ4n) is 3.44. The fourth-order valence-corrected chi connectivity index (χ4v) is 3.44. The number of hydrogen-bond donors (Lipinski definition) is 2. The minimum Gasteiger partial charge on any atom is -0.481 e. The maximum Gasteiger partial charge on any atom is 0.305 e. The lowest BCUT2D eigenvalue weighted by molar-refractivity contribution is -0.152. The largest absolute Gasteiger partial charge is 0.481 e. The van der Waals surface area contributed by atoms with Crippen LogP contribution in [0.25, 0.3) is 10.8 Å². The van der Waals surface area contributed by atoms with Gasteiger partial charge in [0.05, 0.1) is 12.1 Å². The van der Waals surface area contributed by atoms with E-state index in [9.17, 15) is 14.4 Å². The highest BCUT2D eigenvalue weighted by molar-refractivity contribution is 6.12. The number of amides is 1. The Labute approximate surface area is 173 Å². The Bertz CT molecular complexity index is 1040. The highest BCUT2D eigenvalue weighted by Crippen LogP contribution is 2.35. The molecule has 2 atom stereocenters. The molecule has 8 nitrogen and oxygen atoms in total. The van der Waals surface area contributed by atoms with E-state index in [-0.39, 0.29) is 12.3 Å². The monoisotopic (exact) mass is 409 g/mol. The van der Waals surface area contributed by atoms with Crippen molar-refractivity contribution < 1.29 is 24.3 Å². The van der Waals surface area contributed by atoms with Crippen LogP contribution in [0.5, 0.6) is 0 Å². The van der Waals surface area contributed by atoms with E-state index in [0.717, 1.165) is 16.8 Å². The first kappa shape index (κ1) is 21.2. The number of rotatable bonds is 8. The topological polar surface area (TPSA) is 118 Å². The lowest BCUT2D eigenvalue weighted by atomic mass is 9.83. The summed E-state index contributed by atoms with van der Waals surface area (Å²) in [5, 5.41) is 17.6. The first-order valence-electron chi connectivity index (χ1n) is 9.56.